The third-order valence-electron chi connectivity index (χ3n) is 12.0. The number of nitrogens with zero attached hydrogens (tertiary/aromatic N) is 1. The second-order valence-corrected chi connectivity index (χ2v) is 17.0. The number of hydrogen-bond acceptors (Lipinski definition) is 14. The van der Waals surface area contributed by atoms with Crippen LogP contribution in [0, 0.1) is 0 Å². The molecule has 0 saturated carbocycles. The van der Waals surface area contributed by atoms with Gasteiger partial charge in [-0.2, -0.15) is 0 Å². The fourth-order valence-corrected chi connectivity index (χ4v) is 8.78. The molecule has 0 N–H and O–H groups in total. The molecule has 3 heterocycles. The smallest absolute Gasteiger partial charge is 0.303 e. The Morgan fingerprint density at radius 1 is 0.529 bits per heavy atom. The van der Waals surface area contributed by atoms with Gasteiger partial charge in [0.2, 0.25) is 0 Å². The van der Waals surface area contributed by atoms with Crippen LogP contribution in [-0.4, -0.2) is 110 Å². The molecule has 0 aliphatic carbocycles. The molecule has 0 aromatic heterocycles. The van der Waals surface area contributed by atoms with Crippen molar-refractivity contribution in [2.24, 2.45) is 0 Å². The molecule has 5 aromatic carbocycles. The maximum absolute atomic E-state index is 14.5. The van der Waals surface area contributed by atoms with E-state index in [4.69, 9.17) is 47.4 Å². The van der Waals surface area contributed by atoms with Crippen molar-refractivity contribution in [1.29, 1.82) is 0 Å². The Balaban J connectivity index is 1.25. The van der Waals surface area contributed by atoms with Crippen molar-refractivity contribution in [3.63, 3.8) is 0 Å². The summed E-state index contributed by atoms with van der Waals surface area (Å²) >= 11 is 0. The Morgan fingerprint density at radius 2 is 0.986 bits per heavy atom. The number of hydrogen-bond donors (Lipinski definition) is 0. The molecule has 70 heavy (non-hydrogen) atoms. The lowest BCUT2D eigenvalue weighted by atomic mass is 9.93. The van der Waals surface area contributed by atoms with Crippen LogP contribution < -0.4 is 0 Å². The predicted molar refractivity (Wildman–Crippen MR) is 252 cm³/mol. The van der Waals surface area contributed by atoms with Crippen molar-refractivity contribution in [2.75, 3.05) is 19.8 Å². The lowest BCUT2D eigenvalue weighted by molar-refractivity contribution is -0.362. The van der Waals surface area contributed by atoms with Gasteiger partial charge in [0.15, 0.2) is 18.7 Å². The average Bonchev–Trinajstić information content (AvgIpc) is 3.63. The molecular weight excluding hydrogens is 899 g/mol. The molecule has 3 aliphatic rings. The van der Waals surface area contributed by atoms with Crippen LogP contribution in [0.5, 0.6) is 0 Å². The fourth-order valence-electron chi connectivity index (χ4n) is 8.78. The van der Waals surface area contributed by atoms with E-state index in [0.29, 0.717) is 0 Å². The van der Waals surface area contributed by atoms with Crippen LogP contribution in [-0.2, 0) is 83.4 Å². The number of fused-ring (bicyclic) bond motifs is 1. The molecule has 2 fully saturated rings. The van der Waals surface area contributed by atoms with E-state index in [9.17, 15) is 19.2 Å². The summed E-state index contributed by atoms with van der Waals surface area (Å²) in [5, 5.41) is 0. The lowest BCUT2D eigenvalue weighted by Crippen LogP contribution is -2.70. The first kappa shape index (κ1) is 50.0. The van der Waals surface area contributed by atoms with Crippen molar-refractivity contribution in [3.05, 3.63) is 192 Å². The second-order valence-electron chi connectivity index (χ2n) is 17.0. The summed E-state index contributed by atoms with van der Waals surface area (Å²) < 4.78 is 65.6. The van der Waals surface area contributed by atoms with Crippen molar-refractivity contribution < 1.29 is 66.5 Å². The first-order valence-electron chi connectivity index (χ1n) is 23.2. The lowest BCUT2D eigenvalue weighted by Gasteiger charge is -2.51. The van der Waals surface area contributed by atoms with Crippen LogP contribution in [0.1, 0.15) is 56.8 Å². The van der Waals surface area contributed by atoms with Crippen molar-refractivity contribution in [3.8, 4) is 0 Å². The number of imide groups is 1. The van der Waals surface area contributed by atoms with Crippen LogP contribution in [0.3, 0.4) is 0 Å². The molecule has 366 valence electrons. The van der Waals surface area contributed by atoms with Crippen LogP contribution >= 0.6 is 0 Å². The van der Waals surface area contributed by atoms with Crippen LogP contribution in [0.2, 0.25) is 0 Å². The predicted octanol–water partition coefficient (Wildman–Crippen LogP) is 7.16. The minimum Gasteiger partial charge on any atom is -0.463 e. The summed E-state index contributed by atoms with van der Waals surface area (Å²) in [6.45, 7) is 6.26. The Morgan fingerprint density at radius 3 is 1.49 bits per heavy atom. The topological polar surface area (TPSA) is 164 Å². The molecule has 8 rings (SSSR count). The number of carbonyl (C=O) groups is 4. The van der Waals surface area contributed by atoms with E-state index < -0.39 is 91.7 Å². The van der Waals surface area contributed by atoms with Crippen LogP contribution in [0.15, 0.2) is 158 Å². The van der Waals surface area contributed by atoms with E-state index in [2.05, 4.69) is 6.58 Å². The highest BCUT2D eigenvalue weighted by Crippen LogP contribution is 2.39. The van der Waals surface area contributed by atoms with E-state index in [1.807, 2.05) is 121 Å². The highest BCUT2D eigenvalue weighted by atomic mass is 16.8. The Bertz CT molecular complexity index is 2460. The van der Waals surface area contributed by atoms with Crippen molar-refractivity contribution in [1.82, 2.24) is 4.90 Å². The van der Waals surface area contributed by atoms with Gasteiger partial charge in [0.05, 0.1) is 50.8 Å². The number of rotatable bonds is 22. The van der Waals surface area contributed by atoms with Crippen LogP contribution in [0.25, 0.3) is 0 Å². The molecule has 0 unspecified atom stereocenters. The van der Waals surface area contributed by atoms with Crippen molar-refractivity contribution in [2.45, 2.75) is 102 Å². The van der Waals surface area contributed by atoms with Gasteiger partial charge in [-0.15, -0.1) is 6.58 Å². The summed E-state index contributed by atoms with van der Waals surface area (Å²) in [7, 11) is 0. The first-order chi connectivity index (χ1) is 34.2. The molecule has 0 spiro atoms. The highest BCUT2D eigenvalue weighted by molar-refractivity contribution is 6.21. The van der Waals surface area contributed by atoms with Gasteiger partial charge in [-0.3, -0.25) is 24.1 Å². The Hall–Kier alpha value is -6.40. The van der Waals surface area contributed by atoms with Gasteiger partial charge in [-0.1, -0.05) is 140 Å². The zero-order valence-electron chi connectivity index (χ0n) is 39.0. The maximum Gasteiger partial charge on any atom is 0.303 e. The SMILES string of the molecule is C=CCO[C@@H]1O[C@H](COC(C)=O)[C@@H](OC(C)=O)[C@H](O[C@H]2O[C@H](COCc3ccccc3)[C@H](OCc3ccccc3)[C@H](OCc3ccccc3)[C@H]2OCc2ccccc2)[C@H]1N1C(=O)c2ccccc2C1=O. The summed E-state index contributed by atoms with van der Waals surface area (Å²) in [6, 6.07) is 43.4. The summed E-state index contributed by atoms with van der Waals surface area (Å²) in [6.07, 6.45) is -9.44. The Labute approximate surface area is 407 Å². The number of amides is 2. The van der Waals surface area contributed by atoms with Gasteiger partial charge in [0.25, 0.3) is 11.8 Å². The average molecular weight is 956 g/mol. The maximum atomic E-state index is 14.5. The molecule has 3 aliphatic heterocycles. The minimum absolute atomic E-state index is 0.0199. The summed E-state index contributed by atoms with van der Waals surface area (Å²) in [5.41, 5.74) is 3.79. The van der Waals surface area contributed by atoms with E-state index >= 15 is 0 Å². The molecule has 0 radical (unpaired) electrons. The standard InChI is InChI=1S/C55H57NO14/c1-4-29-62-54-46(56-52(59)42-27-17-18-28-43(42)53(56)60)49(48(67-37(3)58)45(68-54)35-63-36(2)57)70-55-51(66-33-41-25-15-8-16-26-41)50(65-32-40-23-13-7-14-24-40)47(64-31-39-21-11-6-12-22-39)44(69-55)34-61-30-38-19-9-5-10-20-38/h4-28,44-51,54-55H,1,29-35H2,2-3H3/t44-,45-,46-,47+,48-,49-,50+,51-,54-,55-/m1/s1. The minimum atomic E-state index is -1.49. The van der Waals surface area contributed by atoms with Crippen LogP contribution in [0.4, 0.5) is 0 Å². The van der Waals surface area contributed by atoms with Gasteiger partial charge < -0.3 is 47.4 Å². The van der Waals surface area contributed by atoms with Gasteiger partial charge in [0, 0.05) is 13.8 Å². The molecule has 10 atom stereocenters. The second kappa shape index (κ2) is 24.4. The van der Waals surface area contributed by atoms with Gasteiger partial charge in [0.1, 0.15) is 49.3 Å². The molecule has 0 bridgehead atoms. The monoisotopic (exact) mass is 955 g/mol. The zero-order valence-corrected chi connectivity index (χ0v) is 39.0. The van der Waals surface area contributed by atoms with E-state index in [0.717, 1.165) is 27.2 Å². The third kappa shape index (κ3) is 12.5. The van der Waals surface area contributed by atoms with E-state index in [1.54, 1.807) is 24.3 Å². The molecule has 15 nitrogen and oxygen atoms in total. The molecule has 2 saturated heterocycles. The molecule has 15 heteroatoms. The third-order valence-corrected chi connectivity index (χ3v) is 12.0. The highest BCUT2D eigenvalue weighted by Gasteiger charge is 2.59. The quantitative estimate of drug-likeness (QED) is 0.0390. The van der Waals surface area contributed by atoms with Gasteiger partial charge >= 0.3 is 11.9 Å². The van der Waals surface area contributed by atoms with E-state index in [1.165, 1.54) is 19.9 Å². The van der Waals surface area contributed by atoms with Gasteiger partial charge in [-0.05, 0) is 34.4 Å². The zero-order chi connectivity index (χ0) is 48.8. The molecule has 5 aromatic rings. The fraction of sp³-hybridized carbons (Fsp3) is 0.345. The summed E-state index contributed by atoms with van der Waals surface area (Å²) in [5.74, 6) is -2.73. The normalized spacial score (nSPS) is 25.3. The molecular formula is C55H57NO14. The summed E-state index contributed by atoms with van der Waals surface area (Å²) in [4.78, 5) is 55.6. The molecule has 2 amide bonds. The number of carbonyl (C=O) groups excluding carboxylic acids is 4. The number of esters is 2. The number of ether oxygens (including phenoxy) is 10. The van der Waals surface area contributed by atoms with Gasteiger partial charge in [-0.25, -0.2) is 0 Å². The van der Waals surface area contributed by atoms with E-state index in [-0.39, 0.29) is 50.8 Å². The van der Waals surface area contributed by atoms with Crippen molar-refractivity contribution >= 4 is 23.8 Å². The first-order valence-corrected chi connectivity index (χ1v) is 23.2. The number of benzene rings is 5. The largest absolute Gasteiger partial charge is 0.463 e. The Kier molecular flexibility index (Phi) is 17.5.